The molecule has 2 unspecified atom stereocenters. The van der Waals surface area contributed by atoms with E-state index in [0.717, 1.165) is 5.57 Å². The molecule has 2 aliphatic carbocycles. The second-order valence-corrected chi connectivity index (χ2v) is 11.0. The molecule has 0 aromatic rings. The molecule has 8 nitrogen and oxygen atoms in total. The highest BCUT2D eigenvalue weighted by molar-refractivity contribution is 5.72. The first kappa shape index (κ1) is 28.1. The SMILES string of the molecule is C=C/C(C)=C/C[C@]1(C)[C@H](C)CC(O)C23C(=C[C@@H](OC(=O)C(C)C)C[C@H]21)[C@@H](OC(C)=O)O[C@H]3OC(C)=O. The molecule has 8 heteroatoms. The van der Waals surface area contributed by atoms with Crippen LogP contribution in [0.25, 0.3) is 0 Å². The van der Waals surface area contributed by atoms with Gasteiger partial charge in [0.15, 0.2) is 0 Å². The normalized spacial score (nSPS) is 37.9. The van der Waals surface area contributed by atoms with Gasteiger partial charge in [-0.2, -0.15) is 0 Å². The molecule has 1 heterocycles. The fourth-order valence-corrected chi connectivity index (χ4v) is 6.15. The molecule has 1 saturated carbocycles. The summed E-state index contributed by atoms with van der Waals surface area (Å²) in [5.74, 6) is -2.08. The lowest BCUT2D eigenvalue weighted by molar-refractivity contribution is -0.254. The first-order chi connectivity index (χ1) is 16.8. The van der Waals surface area contributed by atoms with Gasteiger partial charge in [-0.1, -0.05) is 52.0 Å². The summed E-state index contributed by atoms with van der Waals surface area (Å²) in [5.41, 5.74) is -0.0611. The summed E-state index contributed by atoms with van der Waals surface area (Å²) in [7, 11) is 0. The summed E-state index contributed by atoms with van der Waals surface area (Å²) < 4.78 is 23.1. The van der Waals surface area contributed by atoms with E-state index in [-0.39, 0.29) is 23.7 Å². The van der Waals surface area contributed by atoms with Crippen LogP contribution in [0.1, 0.15) is 67.7 Å². The standard InChI is InChI=1S/C28H40O8/c1-9-16(4)10-11-27(8)17(5)12-23(31)28-21(13-20(14-22(27)28)35-24(32)15(2)3)25(33-18(6)29)36-26(28)34-19(7)30/h9-10,13,15,17,20,22-23,25-26,31H,1,11-12,14H2,2-8H3/b16-10+/t17-,20-,22+,23?,25+,26-,27-,28?/m1/s1. The van der Waals surface area contributed by atoms with Crippen molar-refractivity contribution in [3.05, 3.63) is 36.0 Å². The monoisotopic (exact) mass is 504 g/mol. The first-order valence-electron chi connectivity index (χ1n) is 12.7. The molecule has 1 N–H and O–H groups in total. The summed E-state index contributed by atoms with van der Waals surface area (Å²) in [6, 6.07) is 0. The quantitative estimate of drug-likeness (QED) is 0.238. The van der Waals surface area contributed by atoms with E-state index in [1.807, 2.05) is 6.92 Å². The first-order valence-corrected chi connectivity index (χ1v) is 12.7. The van der Waals surface area contributed by atoms with Crippen molar-refractivity contribution in [3.63, 3.8) is 0 Å². The Morgan fingerprint density at radius 2 is 1.81 bits per heavy atom. The van der Waals surface area contributed by atoms with E-state index in [2.05, 4.69) is 26.5 Å². The van der Waals surface area contributed by atoms with Gasteiger partial charge in [-0.05, 0) is 49.5 Å². The van der Waals surface area contributed by atoms with Gasteiger partial charge in [0, 0.05) is 19.4 Å². The lowest BCUT2D eigenvalue weighted by atomic mass is 9.45. The fraction of sp³-hybridized carbons (Fsp3) is 0.679. The molecule has 0 radical (unpaired) electrons. The lowest BCUT2D eigenvalue weighted by Crippen LogP contribution is -2.63. The summed E-state index contributed by atoms with van der Waals surface area (Å²) in [6.45, 7) is 16.1. The van der Waals surface area contributed by atoms with Crippen LogP contribution in [0.4, 0.5) is 0 Å². The number of aliphatic hydroxyl groups is 1. The molecule has 3 rings (SSSR count). The molecule has 3 aliphatic rings. The number of hydrogen-bond donors (Lipinski definition) is 1. The number of ether oxygens (including phenoxy) is 4. The highest BCUT2D eigenvalue weighted by Gasteiger charge is 2.71. The summed E-state index contributed by atoms with van der Waals surface area (Å²) in [4.78, 5) is 36.7. The van der Waals surface area contributed by atoms with Gasteiger partial charge in [0.05, 0.1) is 17.4 Å². The number of esters is 3. The third-order valence-corrected chi connectivity index (χ3v) is 8.32. The predicted molar refractivity (Wildman–Crippen MR) is 132 cm³/mol. The number of rotatable bonds is 7. The van der Waals surface area contributed by atoms with Gasteiger partial charge in [-0.15, -0.1) is 0 Å². The number of carbonyl (C=O) groups excluding carboxylic acids is 3. The van der Waals surface area contributed by atoms with Crippen molar-refractivity contribution in [2.24, 2.45) is 28.6 Å². The van der Waals surface area contributed by atoms with Crippen LogP contribution in [-0.2, 0) is 33.3 Å². The fourth-order valence-electron chi connectivity index (χ4n) is 6.15. The molecule has 0 aromatic heterocycles. The van der Waals surface area contributed by atoms with Crippen LogP contribution < -0.4 is 0 Å². The summed E-state index contributed by atoms with van der Waals surface area (Å²) in [6.07, 6.45) is 3.22. The maximum Gasteiger partial charge on any atom is 0.308 e. The van der Waals surface area contributed by atoms with Gasteiger partial charge in [0.25, 0.3) is 0 Å². The Kier molecular flexibility index (Phi) is 8.20. The van der Waals surface area contributed by atoms with E-state index in [0.29, 0.717) is 24.8 Å². The van der Waals surface area contributed by atoms with Crippen molar-refractivity contribution < 1.29 is 38.4 Å². The number of aliphatic hydroxyl groups excluding tert-OH is 1. The molecule has 1 aliphatic heterocycles. The molecule has 8 atom stereocenters. The summed E-state index contributed by atoms with van der Waals surface area (Å²) >= 11 is 0. The van der Waals surface area contributed by atoms with Gasteiger partial charge in [-0.25, -0.2) is 0 Å². The summed E-state index contributed by atoms with van der Waals surface area (Å²) in [5, 5.41) is 11.7. The van der Waals surface area contributed by atoms with Crippen LogP contribution in [0, 0.1) is 28.6 Å². The molecular weight excluding hydrogens is 464 g/mol. The van der Waals surface area contributed by atoms with Gasteiger partial charge < -0.3 is 19.3 Å². The number of allylic oxidation sites excluding steroid dienone is 3. The van der Waals surface area contributed by atoms with Crippen molar-refractivity contribution in [2.45, 2.75) is 92.5 Å². The van der Waals surface area contributed by atoms with Crippen molar-refractivity contribution in [1.82, 2.24) is 0 Å². The van der Waals surface area contributed by atoms with E-state index < -0.39 is 47.6 Å². The Balaban J connectivity index is 2.23. The van der Waals surface area contributed by atoms with Crippen LogP contribution in [0.5, 0.6) is 0 Å². The Hall–Kier alpha value is -2.45. The Labute approximate surface area is 213 Å². The molecule has 1 saturated heterocycles. The van der Waals surface area contributed by atoms with Gasteiger partial charge in [-0.3, -0.25) is 19.1 Å². The van der Waals surface area contributed by atoms with Crippen LogP contribution in [0.3, 0.4) is 0 Å². The van der Waals surface area contributed by atoms with Crippen LogP contribution >= 0.6 is 0 Å². The minimum absolute atomic E-state index is 0.0727. The molecule has 2 fully saturated rings. The highest BCUT2D eigenvalue weighted by Crippen LogP contribution is 2.67. The van der Waals surface area contributed by atoms with E-state index in [4.69, 9.17) is 18.9 Å². The molecule has 1 spiro atoms. The molecule has 0 bridgehead atoms. The topological polar surface area (TPSA) is 108 Å². The molecular formula is C28H40O8. The molecule has 36 heavy (non-hydrogen) atoms. The predicted octanol–water partition coefficient (Wildman–Crippen LogP) is 4.22. The number of carbonyl (C=O) groups is 3. The Morgan fingerprint density at radius 1 is 1.17 bits per heavy atom. The maximum absolute atomic E-state index is 12.6. The lowest BCUT2D eigenvalue weighted by Gasteiger charge is -2.60. The molecule has 0 aromatic carbocycles. The second-order valence-electron chi connectivity index (χ2n) is 11.0. The zero-order valence-corrected chi connectivity index (χ0v) is 22.4. The highest BCUT2D eigenvalue weighted by atomic mass is 16.8. The Morgan fingerprint density at radius 3 is 2.36 bits per heavy atom. The minimum Gasteiger partial charge on any atom is -0.458 e. The largest absolute Gasteiger partial charge is 0.458 e. The zero-order chi connectivity index (χ0) is 27.0. The smallest absolute Gasteiger partial charge is 0.308 e. The van der Waals surface area contributed by atoms with Crippen LogP contribution in [-0.4, -0.2) is 47.8 Å². The van der Waals surface area contributed by atoms with Gasteiger partial charge in [0.1, 0.15) is 6.10 Å². The Bertz CT molecular complexity index is 965. The zero-order valence-electron chi connectivity index (χ0n) is 22.4. The number of hydrogen-bond acceptors (Lipinski definition) is 8. The third-order valence-electron chi connectivity index (χ3n) is 8.32. The van der Waals surface area contributed by atoms with Crippen molar-refractivity contribution in [1.29, 1.82) is 0 Å². The van der Waals surface area contributed by atoms with E-state index in [9.17, 15) is 19.5 Å². The van der Waals surface area contributed by atoms with E-state index in [1.54, 1.807) is 26.0 Å². The van der Waals surface area contributed by atoms with E-state index >= 15 is 0 Å². The third kappa shape index (κ3) is 4.90. The van der Waals surface area contributed by atoms with E-state index in [1.165, 1.54) is 13.8 Å². The van der Waals surface area contributed by atoms with Crippen molar-refractivity contribution in [2.75, 3.05) is 0 Å². The average Bonchev–Trinajstić information content (AvgIpc) is 3.07. The molecule has 0 amide bonds. The van der Waals surface area contributed by atoms with Gasteiger partial charge in [0.2, 0.25) is 12.6 Å². The van der Waals surface area contributed by atoms with Crippen molar-refractivity contribution >= 4 is 17.9 Å². The average molecular weight is 505 g/mol. The maximum atomic E-state index is 12.6. The second kappa shape index (κ2) is 10.5. The van der Waals surface area contributed by atoms with Crippen LogP contribution in [0.15, 0.2) is 36.0 Å². The van der Waals surface area contributed by atoms with Gasteiger partial charge >= 0.3 is 17.9 Å². The van der Waals surface area contributed by atoms with Crippen LogP contribution in [0.2, 0.25) is 0 Å². The molecule has 200 valence electrons. The minimum atomic E-state index is -1.17. The van der Waals surface area contributed by atoms with Crippen molar-refractivity contribution in [3.8, 4) is 0 Å².